The largest absolute Gasteiger partial charge is 0.497 e. The van der Waals surface area contributed by atoms with Crippen LogP contribution in [0.2, 0.25) is 10.0 Å². The maximum atomic E-state index is 13.7. The van der Waals surface area contributed by atoms with E-state index in [0.717, 1.165) is 6.42 Å². The lowest BCUT2D eigenvalue weighted by molar-refractivity contribution is -0.120. The summed E-state index contributed by atoms with van der Waals surface area (Å²) < 4.78 is 5.29. The molecule has 5 nitrogen and oxygen atoms in total. The van der Waals surface area contributed by atoms with Crippen LogP contribution in [0.15, 0.2) is 48.2 Å². The predicted molar refractivity (Wildman–Crippen MR) is 123 cm³/mol. The van der Waals surface area contributed by atoms with Crippen LogP contribution in [0, 0.1) is 11.8 Å². The first-order valence-corrected chi connectivity index (χ1v) is 11.0. The van der Waals surface area contributed by atoms with Crippen molar-refractivity contribution in [3.63, 3.8) is 0 Å². The summed E-state index contributed by atoms with van der Waals surface area (Å²) in [5, 5.41) is 0.810. The molecule has 1 saturated heterocycles. The maximum Gasteiger partial charge on any atom is 0.282 e. The SMILES string of the molecule is COc1cccc(N2C(=O)C(c3ccc(Cl)cc3Cl)=C(N3CC(C)CC(C)C3)C2=O)c1. The number of piperidine rings is 1. The minimum absolute atomic E-state index is 0.316. The van der Waals surface area contributed by atoms with Gasteiger partial charge >= 0.3 is 0 Å². The molecule has 0 bridgehead atoms. The van der Waals surface area contributed by atoms with Crippen LogP contribution in [-0.2, 0) is 9.59 Å². The fraction of sp³-hybridized carbons (Fsp3) is 0.333. The van der Waals surface area contributed by atoms with E-state index in [0.29, 0.717) is 63.2 Å². The predicted octanol–water partition coefficient (Wildman–Crippen LogP) is 5.26. The number of amides is 2. The Balaban J connectivity index is 1.86. The van der Waals surface area contributed by atoms with Crippen molar-refractivity contribution in [3.8, 4) is 5.75 Å². The Labute approximate surface area is 192 Å². The lowest BCUT2D eigenvalue weighted by Gasteiger charge is -2.37. The van der Waals surface area contributed by atoms with Gasteiger partial charge in [0.1, 0.15) is 11.4 Å². The Morgan fingerprint density at radius 2 is 1.68 bits per heavy atom. The van der Waals surface area contributed by atoms with Crippen LogP contribution < -0.4 is 9.64 Å². The highest BCUT2D eigenvalue weighted by molar-refractivity contribution is 6.47. The average Bonchev–Trinajstić information content (AvgIpc) is 2.97. The number of methoxy groups -OCH3 is 1. The van der Waals surface area contributed by atoms with Crippen molar-refractivity contribution < 1.29 is 14.3 Å². The molecule has 2 unspecified atom stereocenters. The maximum absolute atomic E-state index is 13.7. The molecule has 0 radical (unpaired) electrons. The highest BCUT2D eigenvalue weighted by Gasteiger charge is 2.44. The molecular formula is C24H24Cl2N2O3. The van der Waals surface area contributed by atoms with Crippen molar-refractivity contribution in [3.05, 3.63) is 63.8 Å². The molecule has 2 heterocycles. The average molecular weight is 459 g/mol. The normalized spacial score (nSPS) is 21.8. The second-order valence-electron chi connectivity index (χ2n) is 8.35. The van der Waals surface area contributed by atoms with Gasteiger partial charge in [-0.15, -0.1) is 0 Å². The van der Waals surface area contributed by atoms with Crippen LogP contribution in [-0.4, -0.2) is 36.9 Å². The van der Waals surface area contributed by atoms with Gasteiger partial charge in [0.2, 0.25) is 0 Å². The molecule has 7 heteroatoms. The molecule has 0 spiro atoms. The minimum atomic E-state index is -0.400. The standard InChI is InChI=1S/C24H24Cl2N2O3/c1-14-9-15(2)13-27(12-14)22-21(19-8-7-16(25)10-20(19)26)23(29)28(24(22)30)17-5-4-6-18(11-17)31-3/h4-8,10-11,14-15H,9,12-13H2,1-3H3. The zero-order valence-electron chi connectivity index (χ0n) is 17.7. The molecule has 31 heavy (non-hydrogen) atoms. The Morgan fingerprint density at radius 3 is 2.32 bits per heavy atom. The zero-order valence-corrected chi connectivity index (χ0v) is 19.2. The number of benzene rings is 2. The van der Waals surface area contributed by atoms with Crippen LogP contribution in [0.3, 0.4) is 0 Å². The number of ether oxygens (including phenoxy) is 1. The molecule has 2 aromatic rings. The number of carbonyl (C=O) groups is 2. The van der Waals surface area contributed by atoms with E-state index in [4.69, 9.17) is 27.9 Å². The molecule has 2 amide bonds. The number of nitrogens with zero attached hydrogens (tertiary/aromatic N) is 2. The third-order valence-electron chi connectivity index (χ3n) is 5.76. The van der Waals surface area contributed by atoms with Gasteiger partial charge in [-0.1, -0.05) is 49.2 Å². The van der Waals surface area contributed by atoms with E-state index >= 15 is 0 Å². The van der Waals surface area contributed by atoms with Crippen LogP contribution in [0.25, 0.3) is 5.57 Å². The number of rotatable bonds is 4. The number of likely N-dealkylation sites (tertiary alicyclic amines) is 1. The smallest absolute Gasteiger partial charge is 0.282 e. The highest BCUT2D eigenvalue weighted by atomic mass is 35.5. The van der Waals surface area contributed by atoms with Crippen LogP contribution >= 0.6 is 23.2 Å². The van der Waals surface area contributed by atoms with Crippen molar-refractivity contribution in [1.82, 2.24) is 4.90 Å². The van der Waals surface area contributed by atoms with Crippen molar-refractivity contribution in [2.45, 2.75) is 20.3 Å². The van der Waals surface area contributed by atoms with Crippen molar-refractivity contribution >= 4 is 46.3 Å². The van der Waals surface area contributed by atoms with E-state index in [2.05, 4.69) is 13.8 Å². The molecule has 2 aromatic carbocycles. The van der Waals surface area contributed by atoms with Gasteiger partial charge in [0.05, 0.1) is 23.4 Å². The van der Waals surface area contributed by atoms with E-state index in [-0.39, 0.29) is 5.91 Å². The third kappa shape index (κ3) is 4.04. The number of carbonyl (C=O) groups excluding carboxylic acids is 2. The molecule has 0 N–H and O–H groups in total. The summed E-state index contributed by atoms with van der Waals surface area (Å²) in [6.07, 6.45) is 1.09. The first kappa shape index (κ1) is 21.7. The summed E-state index contributed by atoms with van der Waals surface area (Å²) in [5.41, 5.74) is 1.69. The van der Waals surface area contributed by atoms with Gasteiger partial charge in [-0.05, 0) is 42.5 Å². The van der Waals surface area contributed by atoms with Gasteiger partial charge in [0, 0.05) is 29.7 Å². The fourth-order valence-corrected chi connectivity index (χ4v) is 5.08. The first-order chi connectivity index (χ1) is 14.8. The van der Waals surface area contributed by atoms with Gasteiger partial charge in [0.25, 0.3) is 11.8 Å². The summed E-state index contributed by atoms with van der Waals surface area (Å²) >= 11 is 12.6. The van der Waals surface area contributed by atoms with Gasteiger partial charge in [-0.25, -0.2) is 4.90 Å². The topological polar surface area (TPSA) is 49.9 Å². The highest BCUT2D eigenvalue weighted by Crippen LogP contribution is 2.40. The molecule has 0 saturated carbocycles. The monoisotopic (exact) mass is 458 g/mol. The molecule has 0 aromatic heterocycles. The molecule has 4 rings (SSSR count). The third-order valence-corrected chi connectivity index (χ3v) is 6.30. The molecule has 0 aliphatic carbocycles. The lowest BCUT2D eigenvalue weighted by atomic mass is 9.91. The van der Waals surface area contributed by atoms with E-state index in [9.17, 15) is 9.59 Å². The minimum Gasteiger partial charge on any atom is -0.497 e. The number of anilines is 1. The number of hydrogen-bond donors (Lipinski definition) is 0. The summed E-state index contributed by atoms with van der Waals surface area (Å²) in [4.78, 5) is 30.6. The summed E-state index contributed by atoms with van der Waals surface area (Å²) in [7, 11) is 1.55. The summed E-state index contributed by atoms with van der Waals surface area (Å²) in [6, 6.07) is 11.9. The fourth-order valence-electron chi connectivity index (χ4n) is 4.58. The molecule has 2 aliphatic rings. The van der Waals surface area contributed by atoms with E-state index in [1.807, 2.05) is 4.90 Å². The summed E-state index contributed by atoms with van der Waals surface area (Å²) in [5.74, 6) is 0.640. The molecular weight excluding hydrogens is 435 g/mol. The lowest BCUT2D eigenvalue weighted by Crippen LogP contribution is -2.42. The number of hydrogen-bond acceptors (Lipinski definition) is 4. The Kier molecular flexibility index (Phi) is 6.00. The summed E-state index contributed by atoms with van der Waals surface area (Å²) in [6.45, 7) is 5.75. The quantitative estimate of drug-likeness (QED) is 0.585. The molecule has 2 aliphatic heterocycles. The van der Waals surface area contributed by atoms with E-state index < -0.39 is 5.91 Å². The number of imide groups is 1. The second-order valence-corrected chi connectivity index (χ2v) is 9.19. The Morgan fingerprint density at radius 1 is 0.968 bits per heavy atom. The second kappa shape index (κ2) is 8.56. The van der Waals surface area contributed by atoms with Crippen molar-refractivity contribution in [2.75, 3.05) is 25.1 Å². The van der Waals surface area contributed by atoms with Crippen LogP contribution in [0.5, 0.6) is 5.75 Å². The molecule has 1 fully saturated rings. The van der Waals surface area contributed by atoms with Crippen LogP contribution in [0.1, 0.15) is 25.8 Å². The van der Waals surface area contributed by atoms with Crippen molar-refractivity contribution in [1.29, 1.82) is 0 Å². The van der Waals surface area contributed by atoms with E-state index in [1.54, 1.807) is 49.6 Å². The van der Waals surface area contributed by atoms with Crippen LogP contribution in [0.4, 0.5) is 5.69 Å². The van der Waals surface area contributed by atoms with E-state index in [1.165, 1.54) is 4.90 Å². The first-order valence-electron chi connectivity index (χ1n) is 10.3. The Hall–Kier alpha value is -2.50. The Bertz CT molecular complexity index is 1070. The van der Waals surface area contributed by atoms with Gasteiger partial charge in [0.15, 0.2) is 0 Å². The molecule has 2 atom stereocenters. The van der Waals surface area contributed by atoms with Crippen molar-refractivity contribution in [2.24, 2.45) is 11.8 Å². The molecule has 162 valence electrons. The number of halogens is 2. The van der Waals surface area contributed by atoms with Gasteiger partial charge < -0.3 is 9.64 Å². The van der Waals surface area contributed by atoms with Gasteiger partial charge in [-0.3, -0.25) is 9.59 Å². The van der Waals surface area contributed by atoms with Gasteiger partial charge in [-0.2, -0.15) is 0 Å². The zero-order chi connectivity index (χ0) is 22.3.